The summed E-state index contributed by atoms with van der Waals surface area (Å²) in [6.07, 6.45) is 2.54. The van der Waals surface area contributed by atoms with Gasteiger partial charge >= 0.3 is 0 Å². The van der Waals surface area contributed by atoms with E-state index in [2.05, 4.69) is 42.0 Å². The van der Waals surface area contributed by atoms with E-state index >= 15 is 0 Å². The lowest BCUT2D eigenvalue weighted by Gasteiger charge is -2.12. The average Bonchev–Trinajstić information content (AvgIpc) is 2.99. The number of aryl methyl sites for hydroxylation is 2. The van der Waals surface area contributed by atoms with Crippen molar-refractivity contribution in [1.29, 1.82) is 0 Å². The van der Waals surface area contributed by atoms with Gasteiger partial charge < -0.3 is 5.73 Å². The lowest BCUT2D eigenvalue weighted by molar-refractivity contribution is 0.717. The van der Waals surface area contributed by atoms with E-state index in [0.29, 0.717) is 0 Å². The molecule has 0 bridgehead atoms. The van der Waals surface area contributed by atoms with Gasteiger partial charge in [-0.1, -0.05) is 24.3 Å². The monoisotopic (exact) mass is 309 g/mol. The number of pyridine rings is 1. The molecule has 0 fully saturated rings. The van der Waals surface area contributed by atoms with Crippen molar-refractivity contribution in [1.82, 2.24) is 9.97 Å². The Morgan fingerprint density at radius 2 is 1.95 bits per heavy atom. The van der Waals surface area contributed by atoms with Crippen LogP contribution in [0, 0.1) is 13.8 Å². The van der Waals surface area contributed by atoms with Crippen LogP contribution in [0.4, 0.5) is 0 Å². The topological polar surface area (TPSA) is 51.8 Å². The smallest absolute Gasteiger partial charge is 0.0998 e. The molecule has 1 unspecified atom stereocenters. The molecule has 3 nitrogen and oxygen atoms in total. The van der Waals surface area contributed by atoms with E-state index in [9.17, 15) is 0 Å². The minimum atomic E-state index is -0.0259. The fourth-order valence-electron chi connectivity index (χ4n) is 2.34. The fraction of sp³-hybridized carbons (Fsp3) is 0.222. The van der Waals surface area contributed by atoms with Gasteiger partial charge in [-0.15, -0.1) is 11.3 Å². The molecule has 112 valence electrons. The van der Waals surface area contributed by atoms with Crippen molar-refractivity contribution in [2.24, 2.45) is 5.73 Å². The van der Waals surface area contributed by atoms with Crippen molar-refractivity contribution in [3.63, 3.8) is 0 Å². The van der Waals surface area contributed by atoms with Crippen molar-refractivity contribution >= 4 is 11.3 Å². The van der Waals surface area contributed by atoms with Gasteiger partial charge in [-0.2, -0.15) is 0 Å². The van der Waals surface area contributed by atoms with E-state index in [1.54, 1.807) is 17.5 Å². The first-order valence-corrected chi connectivity index (χ1v) is 8.20. The highest BCUT2D eigenvalue weighted by molar-refractivity contribution is 7.09. The first kappa shape index (κ1) is 14.9. The lowest BCUT2D eigenvalue weighted by atomic mass is 10.00. The minimum Gasteiger partial charge on any atom is -0.324 e. The number of hydrogen-bond acceptors (Lipinski definition) is 4. The molecule has 0 saturated carbocycles. The zero-order chi connectivity index (χ0) is 15.5. The molecule has 2 N–H and O–H groups in total. The Morgan fingerprint density at radius 1 is 1.09 bits per heavy atom. The molecule has 0 amide bonds. The van der Waals surface area contributed by atoms with Crippen molar-refractivity contribution in [3.8, 4) is 11.4 Å². The van der Waals surface area contributed by atoms with E-state index in [1.807, 2.05) is 23.6 Å². The van der Waals surface area contributed by atoms with Gasteiger partial charge in [0.15, 0.2) is 0 Å². The number of aromatic nitrogens is 2. The largest absolute Gasteiger partial charge is 0.324 e. The summed E-state index contributed by atoms with van der Waals surface area (Å²) in [4.78, 5) is 9.00. The van der Waals surface area contributed by atoms with Crippen molar-refractivity contribution in [2.75, 3.05) is 0 Å². The highest BCUT2D eigenvalue weighted by Crippen LogP contribution is 2.24. The van der Waals surface area contributed by atoms with Crippen LogP contribution < -0.4 is 5.73 Å². The molecule has 2 heterocycles. The predicted octanol–water partition coefficient (Wildman–Crippen LogP) is 4.06. The molecule has 0 aliphatic heterocycles. The molecule has 2 aromatic heterocycles. The van der Waals surface area contributed by atoms with Gasteiger partial charge in [0.2, 0.25) is 0 Å². The summed E-state index contributed by atoms with van der Waals surface area (Å²) >= 11 is 1.64. The first-order chi connectivity index (χ1) is 10.6. The molecule has 1 atom stereocenters. The second kappa shape index (κ2) is 6.38. The molecular formula is C18H19N3S. The summed E-state index contributed by atoms with van der Waals surface area (Å²) in [7, 11) is 0. The van der Waals surface area contributed by atoms with Crippen LogP contribution in [0.3, 0.4) is 0 Å². The van der Waals surface area contributed by atoms with Gasteiger partial charge in [-0.3, -0.25) is 4.98 Å². The summed E-state index contributed by atoms with van der Waals surface area (Å²) in [5.41, 5.74) is 11.9. The minimum absolute atomic E-state index is 0.0259. The molecule has 3 rings (SSSR count). The number of hydrogen-bond donors (Lipinski definition) is 1. The summed E-state index contributed by atoms with van der Waals surface area (Å²) in [6, 6.07) is 12.2. The summed E-state index contributed by atoms with van der Waals surface area (Å²) in [6.45, 7) is 4.23. The van der Waals surface area contributed by atoms with Crippen LogP contribution in [0.2, 0.25) is 0 Å². The molecule has 1 aromatic carbocycles. The van der Waals surface area contributed by atoms with E-state index in [1.165, 1.54) is 11.1 Å². The Kier molecular flexibility index (Phi) is 4.32. The SMILES string of the molecule is Cc1ccc(C(N)Cc2nc(-c3ccccn3)cs2)cc1C. The summed E-state index contributed by atoms with van der Waals surface area (Å²) in [5.74, 6) is 0. The molecule has 0 radical (unpaired) electrons. The highest BCUT2D eigenvalue weighted by atomic mass is 32.1. The molecule has 22 heavy (non-hydrogen) atoms. The Hall–Kier alpha value is -2.04. The second-order valence-electron chi connectivity index (χ2n) is 5.50. The molecule has 4 heteroatoms. The third-order valence-electron chi connectivity index (χ3n) is 3.83. The molecule has 0 aliphatic carbocycles. The second-order valence-corrected chi connectivity index (χ2v) is 6.44. The van der Waals surface area contributed by atoms with Crippen molar-refractivity contribution in [2.45, 2.75) is 26.3 Å². The maximum atomic E-state index is 6.34. The van der Waals surface area contributed by atoms with Crippen LogP contribution in [0.25, 0.3) is 11.4 Å². The van der Waals surface area contributed by atoms with Crippen LogP contribution in [-0.4, -0.2) is 9.97 Å². The third-order valence-corrected chi connectivity index (χ3v) is 4.70. The molecule has 3 aromatic rings. The van der Waals surface area contributed by atoms with Gasteiger partial charge in [-0.05, 0) is 42.7 Å². The van der Waals surface area contributed by atoms with Gasteiger partial charge in [0.1, 0.15) is 0 Å². The Balaban J connectivity index is 1.76. The van der Waals surface area contributed by atoms with Crippen molar-refractivity contribution < 1.29 is 0 Å². The summed E-state index contributed by atoms with van der Waals surface area (Å²) < 4.78 is 0. The standard InChI is InChI=1S/C18H19N3S/c1-12-6-7-14(9-13(12)2)15(19)10-18-21-17(11-22-18)16-5-3-4-8-20-16/h3-9,11,15H,10,19H2,1-2H3. The molecule has 0 aliphatic rings. The van der Waals surface area contributed by atoms with Crippen molar-refractivity contribution in [3.05, 3.63) is 69.7 Å². The lowest BCUT2D eigenvalue weighted by Crippen LogP contribution is -2.13. The van der Waals surface area contributed by atoms with Crippen LogP contribution in [0.15, 0.2) is 48.0 Å². The van der Waals surface area contributed by atoms with E-state index < -0.39 is 0 Å². The number of thiazole rings is 1. The zero-order valence-electron chi connectivity index (χ0n) is 12.8. The van der Waals surface area contributed by atoms with Gasteiger partial charge in [0, 0.05) is 24.0 Å². The number of nitrogens with two attached hydrogens (primary N) is 1. The quantitative estimate of drug-likeness (QED) is 0.790. The van der Waals surface area contributed by atoms with E-state index in [4.69, 9.17) is 5.73 Å². The van der Waals surface area contributed by atoms with Gasteiger partial charge in [0.05, 0.1) is 16.4 Å². The predicted molar refractivity (Wildman–Crippen MR) is 91.9 cm³/mol. The van der Waals surface area contributed by atoms with E-state index in [-0.39, 0.29) is 6.04 Å². The molecule has 0 saturated heterocycles. The zero-order valence-corrected chi connectivity index (χ0v) is 13.6. The molecule has 0 spiro atoms. The maximum Gasteiger partial charge on any atom is 0.0998 e. The Bertz CT molecular complexity index is 765. The van der Waals surface area contributed by atoms with E-state index in [0.717, 1.165) is 28.4 Å². The van der Waals surface area contributed by atoms with Gasteiger partial charge in [0.25, 0.3) is 0 Å². The third kappa shape index (κ3) is 3.24. The van der Waals surface area contributed by atoms with Gasteiger partial charge in [-0.25, -0.2) is 4.98 Å². The Morgan fingerprint density at radius 3 is 2.68 bits per heavy atom. The summed E-state index contributed by atoms with van der Waals surface area (Å²) in [5, 5.41) is 3.09. The normalized spacial score (nSPS) is 12.3. The fourth-order valence-corrected chi connectivity index (χ4v) is 3.19. The van der Waals surface area contributed by atoms with Crippen LogP contribution >= 0.6 is 11.3 Å². The molecular weight excluding hydrogens is 290 g/mol. The number of rotatable bonds is 4. The maximum absolute atomic E-state index is 6.34. The van der Waals surface area contributed by atoms with Crippen LogP contribution in [0.5, 0.6) is 0 Å². The highest BCUT2D eigenvalue weighted by Gasteiger charge is 2.12. The van der Waals surface area contributed by atoms with Crippen LogP contribution in [-0.2, 0) is 6.42 Å². The number of benzene rings is 1. The van der Waals surface area contributed by atoms with Crippen LogP contribution in [0.1, 0.15) is 27.7 Å². The average molecular weight is 309 g/mol. The first-order valence-electron chi connectivity index (χ1n) is 7.32. The number of nitrogens with zero attached hydrogens (tertiary/aromatic N) is 2. The Labute approximate surface area is 134 Å².